The molecular formula is C10H17N5O2S. The summed E-state index contributed by atoms with van der Waals surface area (Å²) in [5.74, 6) is -0.373. The van der Waals surface area contributed by atoms with Crippen LogP contribution in [0.4, 0.5) is 5.13 Å². The first-order valence-corrected chi connectivity index (χ1v) is 6.55. The molecule has 8 heteroatoms. The van der Waals surface area contributed by atoms with Crippen LogP contribution in [-0.4, -0.2) is 42.1 Å². The number of carbonyl (C=O) groups excluding carboxylic acids is 2. The summed E-state index contributed by atoms with van der Waals surface area (Å²) in [5.41, 5.74) is 0. The zero-order chi connectivity index (χ0) is 13.4. The Balaban J connectivity index is 2.26. The third-order valence-corrected chi connectivity index (χ3v) is 2.98. The summed E-state index contributed by atoms with van der Waals surface area (Å²) < 4.78 is 0. The van der Waals surface area contributed by atoms with Gasteiger partial charge in [0.1, 0.15) is 0 Å². The lowest BCUT2D eigenvalue weighted by Gasteiger charge is -2.03. The number of hydrogen-bond acceptors (Lipinski definition) is 6. The molecule has 1 heterocycles. The highest BCUT2D eigenvalue weighted by molar-refractivity contribution is 7.17. The molecule has 1 aromatic heterocycles. The van der Waals surface area contributed by atoms with Crippen molar-refractivity contribution in [2.45, 2.75) is 19.8 Å². The van der Waals surface area contributed by atoms with Gasteiger partial charge in [0, 0.05) is 26.6 Å². The van der Waals surface area contributed by atoms with E-state index in [2.05, 4.69) is 26.1 Å². The van der Waals surface area contributed by atoms with Crippen molar-refractivity contribution in [2.24, 2.45) is 0 Å². The van der Waals surface area contributed by atoms with Crippen LogP contribution >= 0.6 is 11.3 Å². The number of carbonyl (C=O) groups is 2. The zero-order valence-corrected chi connectivity index (χ0v) is 11.3. The second-order valence-corrected chi connectivity index (χ2v) is 4.50. The molecule has 0 aliphatic heterocycles. The molecule has 0 aliphatic rings. The zero-order valence-electron chi connectivity index (χ0n) is 10.4. The summed E-state index contributed by atoms with van der Waals surface area (Å²) in [6, 6.07) is 0. The number of anilines is 1. The maximum absolute atomic E-state index is 11.6. The molecule has 0 fully saturated rings. The van der Waals surface area contributed by atoms with Crippen molar-refractivity contribution in [3.05, 3.63) is 5.01 Å². The highest BCUT2D eigenvalue weighted by Crippen LogP contribution is 2.13. The van der Waals surface area contributed by atoms with E-state index in [1.807, 2.05) is 6.92 Å². The third kappa shape index (κ3) is 4.66. The minimum absolute atomic E-state index is 0.0645. The molecule has 0 bridgehead atoms. The largest absolute Gasteiger partial charge is 0.363 e. The van der Waals surface area contributed by atoms with E-state index < -0.39 is 0 Å². The summed E-state index contributed by atoms with van der Waals surface area (Å²) in [6.07, 6.45) is 1.17. The van der Waals surface area contributed by atoms with Crippen LogP contribution in [0.5, 0.6) is 0 Å². The van der Waals surface area contributed by atoms with Gasteiger partial charge in [-0.15, -0.1) is 10.2 Å². The molecule has 1 rings (SSSR count). The van der Waals surface area contributed by atoms with E-state index in [0.29, 0.717) is 18.2 Å². The molecule has 0 saturated heterocycles. The number of nitrogens with one attached hydrogen (secondary N) is 3. The Morgan fingerprint density at radius 1 is 1.22 bits per heavy atom. The molecule has 18 heavy (non-hydrogen) atoms. The van der Waals surface area contributed by atoms with Crippen LogP contribution in [0.3, 0.4) is 0 Å². The van der Waals surface area contributed by atoms with Crippen LogP contribution in [0, 0.1) is 0 Å². The van der Waals surface area contributed by atoms with Crippen LogP contribution in [0.15, 0.2) is 0 Å². The van der Waals surface area contributed by atoms with Gasteiger partial charge in [-0.3, -0.25) is 9.59 Å². The van der Waals surface area contributed by atoms with Gasteiger partial charge in [-0.05, 0) is 6.42 Å². The van der Waals surface area contributed by atoms with Crippen molar-refractivity contribution >= 4 is 28.3 Å². The highest BCUT2D eigenvalue weighted by atomic mass is 32.1. The first-order valence-electron chi connectivity index (χ1n) is 5.73. The minimum atomic E-state index is -0.308. The Morgan fingerprint density at radius 3 is 2.61 bits per heavy atom. The predicted octanol–water partition coefficient (Wildman–Crippen LogP) is 0.226. The summed E-state index contributed by atoms with van der Waals surface area (Å²) >= 11 is 1.17. The molecule has 0 radical (unpaired) electrons. The Kier molecular flexibility index (Phi) is 6.06. The SMILES string of the molecule is CCCNC(=O)CCNC(=O)c1nnc(NC)s1. The van der Waals surface area contributed by atoms with E-state index in [1.165, 1.54) is 11.3 Å². The monoisotopic (exact) mass is 271 g/mol. The lowest BCUT2D eigenvalue weighted by atomic mass is 10.3. The van der Waals surface area contributed by atoms with E-state index in [0.717, 1.165) is 6.42 Å². The van der Waals surface area contributed by atoms with Crippen molar-refractivity contribution in [2.75, 3.05) is 25.5 Å². The van der Waals surface area contributed by atoms with Crippen LogP contribution in [0.1, 0.15) is 29.6 Å². The molecule has 7 nitrogen and oxygen atoms in total. The highest BCUT2D eigenvalue weighted by Gasteiger charge is 2.12. The summed E-state index contributed by atoms with van der Waals surface area (Å²) in [4.78, 5) is 22.9. The average molecular weight is 271 g/mol. The lowest BCUT2D eigenvalue weighted by molar-refractivity contribution is -0.120. The molecule has 3 N–H and O–H groups in total. The van der Waals surface area contributed by atoms with Gasteiger partial charge < -0.3 is 16.0 Å². The fraction of sp³-hybridized carbons (Fsp3) is 0.600. The smallest absolute Gasteiger partial charge is 0.282 e. The van der Waals surface area contributed by atoms with Gasteiger partial charge in [0.05, 0.1) is 0 Å². The van der Waals surface area contributed by atoms with Crippen molar-refractivity contribution in [1.29, 1.82) is 0 Å². The van der Waals surface area contributed by atoms with E-state index >= 15 is 0 Å². The second kappa shape index (κ2) is 7.59. The maximum atomic E-state index is 11.6. The van der Waals surface area contributed by atoms with Crippen molar-refractivity contribution < 1.29 is 9.59 Å². The number of aromatic nitrogens is 2. The molecule has 100 valence electrons. The Labute approximate surface area is 109 Å². The minimum Gasteiger partial charge on any atom is -0.363 e. The first-order chi connectivity index (χ1) is 8.67. The van der Waals surface area contributed by atoms with Crippen LogP contribution in [0.25, 0.3) is 0 Å². The number of nitrogens with zero attached hydrogens (tertiary/aromatic N) is 2. The van der Waals surface area contributed by atoms with Gasteiger partial charge in [0.15, 0.2) is 0 Å². The second-order valence-electron chi connectivity index (χ2n) is 3.52. The van der Waals surface area contributed by atoms with E-state index in [1.54, 1.807) is 7.05 Å². The molecule has 0 aliphatic carbocycles. The quantitative estimate of drug-likeness (QED) is 0.659. The lowest BCUT2D eigenvalue weighted by Crippen LogP contribution is -2.31. The predicted molar refractivity (Wildman–Crippen MR) is 69.7 cm³/mol. The van der Waals surface area contributed by atoms with Gasteiger partial charge in [-0.2, -0.15) is 0 Å². The Bertz CT molecular complexity index is 407. The van der Waals surface area contributed by atoms with Crippen molar-refractivity contribution in [3.8, 4) is 0 Å². The van der Waals surface area contributed by atoms with Gasteiger partial charge in [-0.1, -0.05) is 18.3 Å². The molecule has 1 aromatic rings. The molecular weight excluding hydrogens is 254 g/mol. The topological polar surface area (TPSA) is 96.0 Å². The molecule has 0 atom stereocenters. The number of amides is 2. The van der Waals surface area contributed by atoms with Crippen LogP contribution in [0.2, 0.25) is 0 Å². The summed E-state index contributed by atoms with van der Waals surface area (Å²) in [5, 5.41) is 16.5. The molecule has 0 unspecified atom stereocenters. The molecule has 2 amide bonds. The molecule has 0 saturated carbocycles. The first kappa shape index (κ1) is 14.4. The van der Waals surface area contributed by atoms with Gasteiger partial charge in [-0.25, -0.2) is 0 Å². The van der Waals surface area contributed by atoms with Gasteiger partial charge in [0.2, 0.25) is 16.0 Å². The average Bonchev–Trinajstić information content (AvgIpc) is 2.85. The summed E-state index contributed by atoms with van der Waals surface area (Å²) in [6.45, 7) is 2.94. The molecule has 0 aromatic carbocycles. The van der Waals surface area contributed by atoms with Crippen molar-refractivity contribution in [1.82, 2.24) is 20.8 Å². The van der Waals surface area contributed by atoms with E-state index in [4.69, 9.17) is 0 Å². The summed E-state index contributed by atoms with van der Waals surface area (Å²) in [7, 11) is 1.71. The van der Waals surface area contributed by atoms with Gasteiger partial charge >= 0.3 is 0 Å². The number of rotatable bonds is 7. The standard InChI is InChI=1S/C10H17N5O2S/c1-3-5-12-7(16)4-6-13-8(17)9-14-15-10(11-2)18-9/h3-6H2,1-2H3,(H,11,15)(H,12,16)(H,13,17). The molecule has 0 spiro atoms. The van der Waals surface area contributed by atoms with Crippen molar-refractivity contribution in [3.63, 3.8) is 0 Å². The fourth-order valence-corrected chi connectivity index (χ4v) is 1.75. The third-order valence-electron chi connectivity index (χ3n) is 2.04. The van der Waals surface area contributed by atoms with Crippen LogP contribution < -0.4 is 16.0 Å². The maximum Gasteiger partial charge on any atom is 0.282 e. The normalized spacial score (nSPS) is 9.89. The fourth-order valence-electron chi connectivity index (χ4n) is 1.13. The van der Waals surface area contributed by atoms with Crippen LogP contribution in [-0.2, 0) is 4.79 Å². The van der Waals surface area contributed by atoms with E-state index in [-0.39, 0.29) is 23.2 Å². The number of hydrogen-bond donors (Lipinski definition) is 3. The van der Waals surface area contributed by atoms with Gasteiger partial charge in [0.25, 0.3) is 5.91 Å². The Morgan fingerprint density at radius 2 is 2.00 bits per heavy atom. The van der Waals surface area contributed by atoms with E-state index in [9.17, 15) is 9.59 Å². The Hall–Kier alpha value is -1.70.